The van der Waals surface area contributed by atoms with Gasteiger partial charge in [0.05, 0.1) is 12.2 Å². The van der Waals surface area contributed by atoms with Crippen LogP contribution in [0.2, 0.25) is 5.02 Å². The van der Waals surface area contributed by atoms with E-state index in [9.17, 15) is 4.79 Å². The first-order valence-electron chi connectivity index (χ1n) is 8.03. The van der Waals surface area contributed by atoms with Crippen molar-refractivity contribution in [3.8, 4) is 0 Å². The highest BCUT2D eigenvalue weighted by molar-refractivity contribution is 6.31. The second kappa shape index (κ2) is 4.49. The van der Waals surface area contributed by atoms with Gasteiger partial charge in [-0.05, 0) is 56.1 Å². The average molecular weight is 316 g/mol. The molecular weight excluding hydrogens is 298 g/mol. The molecule has 0 N–H and O–H groups in total. The number of halogens is 1. The van der Waals surface area contributed by atoms with E-state index >= 15 is 0 Å². The molecule has 1 aromatic carbocycles. The number of rotatable bonds is 1. The first-order chi connectivity index (χ1) is 10.7. The lowest BCUT2D eigenvalue weighted by atomic mass is 9.83. The first-order valence-corrected chi connectivity index (χ1v) is 8.40. The maximum Gasteiger partial charge on any atom is 0.272 e. The van der Waals surface area contributed by atoms with E-state index < -0.39 is 0 Å². The molecule has 0 spiro atoms. The second-order valence-corrected chi connectivity index (χ2v) is 7.22. The highest BCUT2D eigenvalue weighted by Crippen LogP contribution is 2.36. The Balaban J connectivity index is 1.52. The summed E-state index contributed by atoms with van der Waals surface area (Å²) in [5.41, 5.74) is 1.92. The van der Waals surface area contributed by atoms with Gasteiger partial charge >= 0.3 is 0 Å². The van der Waals surface area contributed by atoms with Gasteiger partial charge in [-0.1, -0.05) is 11.6 Å². The lowest BCUT2D eigenvalue weighted by Gasteiger charge is -2.47. The zero-order valence-corrected chi connectivity index (χ0v) is 13.1. The van der Waals surface area contributed by atoms with Crippen LogP contribution in [0.15, 0.2) is 24.3 Å². The van der Waals surface area contributed by atoms with Gasteiger partial charge in [-0.3, -0.25) is 4.79 Å². The SMILES string of the molecule is O=C1c2cc3cc(Cl)ccc3n2CN1C1CN2CCC1CC2. The number of carbonyl (C=O) groups excluding carboxylic acids is 1. The second-order valence-electron chi connectivity index (χ2n) is 6.78. The molecule has 6 rings (SSSR count). The molecule has 3 saturated heterocycles. The summed E-state index contributed by atoms with van der Waals surface area (Å²) in [6.07, 6.45) is 2.47. The molecule has 0 radical (unpaired) electrons. The van der Waals surface area contributed by atoms with Crippen molar-refractivity contribution in [3.05, 3.63) is 35.0 Å². The Morgan fingerprint density at radius 1 is 1.14 bits per heavy atom. The molecule has 0 aliphatic carbocycles. The molecule has 114 valence electrons. The van der Waals surface area contributed by atoms with Crippen molar-refractivity contribution in [1.29, 1.82) is 0 Å². The standard InChI is InChI=1S/C17H18ClN3O/c18-13-1-2-14-12(7-13)8-15-17(22)21(10-20(14)15)16-9-19-5-3-11(16)4-6-19/h1-2,7-8,11,16H,3-6,9-10H2. The van der Waals surface area contributed by atoms with Gasteiger partial charge in [0, 0.05) is 23.0 Å². The van der Waals surface area contributed by atoms with Crippen LogP contribution >= 0.6 is 11.6 Å². The molecule has 1 aromatic heterocycles. The van der Waals surface area contributed by atoms with Gasteiger partial charge in [-0.25, -0.2) is 0 Å². The Kier molecular flexibility index (Phi) is 2.65. The molecule has 3 fully saturated rings. The number of hydrogen-bond acceptors (Lipinski definition) is 2. The number of aromatic nitrogens is 1. The third kappa shape index (κ3) is 1.71. The number of hydrogen-bond donors (Lipinski definition) is 0. The van der Waals surface area contributed by atoms with Crippen molar-refractivity contribution in [3.63, 3.8) is 0 Å². The summed E-state index contributed by atoms with van der Waals surface area (Å²) in [5, 5.41) is 1.78. The maximum absolute atomic E-state index is 12.9. The van der Waals surface area contributed by atoms with E-state index in [4.69, 9.17) is 11.6 Å². The van der Waals surface area contributed by atoms with E-state index in [0.717, 1.165) is 28.2 Å². The normalized spacial score (nSPS) is 30.3. The minimum Gasteiger partial charge on any atom is -0.318 e. The summed E-state index contributed by atoms with van der Waals surface area (Å²) >= 11 is 6.06. The number of carbonyl (C=O) groups is 1. The summed E-state index contributed by atoms with van der Waals surface area (Å²) < 4.78 is 2.14. The van der Waals surface area contributed by atoms with Crippen LogP contribution in [0.25, 0.3) is 10.9 Å². The monoisotopic (exact) mass is 315 g/mol. The van der Waals surface area contributed by atoms with E-state index in [2.05, 4.69) is 14.4 Å². The lowest BCUT2D eigenvalue weighted by Crippen LogP contribution is -2.57. The fraction of sp³-hybridized carbons (Fsp3) is 0.471. The lowest BCUT2D eigenvalue weighted by molar-refractivity contribution is 0.00465. The molecule has 2 bridgehead atoms. The quantitative estimate of drug-likeness (QED) is 0.809. The largest absolute Gasteiger partial charge is 0.318 e. The van der Waals surface area contributed by atoms with Gasteiger partial charge in [0.1, 0.15) is 5.69 Å². The predicted octanol–water partition coefficient (Wildman–Crippen LogP) is 2.80. The smallest absolute Gasteiger partial charge is 0.272 e. The molecule has 1 unspecified atom stereocenters. The molecule has 4 aliphatic heterocycles. The van der Waals surface area contributed by atoms with E-state index in [1.54, 1.807) is 0 Å². The molecule has 22 heavy (non-hydrogen) atoms. The van der Waals surface area contributed by atoms with Gasteiger partial charge in [0.15, 0.2) is 0 Å². The molecule has 2 aromatic rings. The zero-order valence-electron chi connectivity index (χ0n) is 12.3. The van der Waals surface area contributed by atoms with Gasteiger partial charge in [0.2, 0.25) is 0 Å². The Morgan fingerprint density at radius 2 is 1.95 bits per heavy atom. The first kappa shape index (κ1) is 13.0. The highest BCUT2D eigenvalue weighted by atomic mass is 35.5. The third-order valence-corrected chi connectivity index (χ3v) is 5.89. The summed E-state index contributed by atoms with van der Waals surface area (Å²) in [7, 11) is 0. The Labute approximate surface area is 134 Å². The predicted molar refractivity (Wildman–Crippen MR) is 86.1 cm³/mol. The molecular formula is C17H18ClN3O. The fourth-order valence-corrected chi connectivity index (χ4v) is 4.66. The summed E-state index contributed by atoms with van der Waals surface area (Å²) in [6, 6.07) is 8.24. The van der Waals surface area contributed by atoms with E-state index in [1.807, 2.05) is 24.3 Å². The van der Waals surface area contributed by atoms with E-state index in [1.165, 1.54) is 25.9 Å². The number of benzene rings is 1. The van der Waals surface area contributed by atoms with Gasteiger partial charge < -0.3 is 14.4 Å². The number of piperidine rings is 3. The Morgan fingerprint density at radius 3 is 2.68 bits per heavy atom. The van der Waals surface area contributed by atoms with E-state index in [0.29, 0.717) is 18.6 Å². The summed E-state index contributed by atoms with van der Waals surface area (Å²) in [4.78, 5) is 17.5. The van der Waals surface area contributed by atoms with Gasteiger partial charge in [-0.15, -0.1) is 0 Å². The zero-order chi connectivity index (χ0) is 14.8. The molecule has 5 heterocycles. The summed E-state index contributed by atoms with van der Waals surface area (Å²) in [5.74, 6) is 0.866. The number of nitrogens with zero attached hydrogens (tertiary/aromatic N) is 3. The van der Waals surface area contributed by atoms with Crippen LogP contribution in [-0.2, 0) is 6.67 Å². The van der Waals surface area contributed by atoms with Crippen LogP contribution in [0.5, 0.6) is 0 Å². The topological polar surface area (TPSA) is 28.5 Å². The maximum atomic E-state index is 12.9. The van der Waals surface area contributed by atoms with Crippen molar-refractivity contribution >= 4 is 28.4 Å². The third-order valence-electron chi connectivity index (χ3n) is 5.66. The molecule has 1 atom stereocenters. The van der Waals surface area contributed by atoms with Crippen LogP contribution in [0.1, 0.15) is 23.3 Å². The molecule has 4 aliphatic rings. The van der Waals surface area contributed by atoms with Crippen LogP contribution in [0.4, 0.5) is 0 Å². The number of fused-ring (bicyclic) bond motifs is 6. The fourth-order valence-electron chi connectivity index (χ4n) is 4.48. The Hall–Kier alpha value is -1.52. The van der Waals surface area contributed by atoms with Crippen molar-refractivity contribution in [2.45, 2.75) is 25.6 Å². The Bertz CT molecular complexity index is 776. The molecule has 0 saturated carbocycles. The van der Waals surface area contributed by atoms with Crippen molar-refractivity contribution in [1.82, 2.24) is 14.4 Å². The molecule has 1 amide bonds. The van der Waals surface area contributed by atoms with Crippen LogP contribution in [-0.4, -0.2) is 46.0 Å². The van der Waals surface area contributed by atoms with E-state index in [-0.39, 0.29) is 5.91 Å². The highest BCUT2D eigenvalue weighted by Gasteiger charge is 2.42. The minimum absolute atomic E-state index is 0.186. The van der Waals surface area contributed by atoms with Crippen molar-refractivity contribution in [2.24, 2.45) is 5.92 Å². The van der Waals surface area contributed by atoms with Crippen LogP contribution in [0, 0.1) is 5.92 Å². The van der Waals surface area contributed by atoms with Crippen LogP contribution in [0.3, 0.4) is 0 Å². The van der Waals surface area contributed by atoms with Gasteiger partial charge in [-0.2, -0.15) is 0 Å². The molecule has 4 nitrogen and oxygen atoms in total. The minimum atomic E-state index is 0.186. The van der Waals surface area contributed by atoms with Crippen molar-refractivity contribution in [2.75, 3.05) is 19.6 Å². The number of amides is 1. The summed E-state index contributed by atoms with van der Waals surface area (Å²) in [6.45, 7) is 4.15. The van der Waals surface area contributed by atoms with Crippen LogP contribution < -0.4 is 0 Å². The molecule has 5 heteroatoms. The van der Waals surface area contributed by atoms with Gasteiger partial charge in [0.25, 0.3) is 5.91 Å². The average Bonchev–Trinajstić information content (AvgIpc) is 3.05. The van der Waals surface area contributed by atoms with Crippen molar-refractivity contribution < 1.29 is 4.79 Å².